The second-order valence-corrected chi connectivity index (χ2v) is 7.03. The van der Waals surface area contributed by atoms with Crippen LogP contribution in [-0.4, -0.2) is 31.0 Å². The lowest BCUT2D eigenvalue weighted by Crippen LogP contribution is -2.53. The van der Waals surface area contributed by atoms with Crippen molar-refractivity contribution in [1.82, 2.24) is 5.32 Å². The minimum absolute atomic E-state index is 0.129. The molecule has 1 saturated heterocycles. The number of hydrogen-bond acceptors (Lipinski definition) is 3. The van der Waals surface area contributed by atoms with Crippen LogP contribution in [0.15, 0.2) is 21.1 Å². The van der Waals surface area contributed by atoms with Crippen LogP contribution >= 0.6 is 31.9 Å². The first-order chi connectivity index (χ1) is 9.76. The molecule has 1 N–H and O–H groups in total. The Balaban J connectivity index is 2.49. The predicted octanol–water partition coefficient (Wildman–Crippen LogP) is 2.85. The van der Waals surface area contributed by atoms with Crippen molar-refractivity contribution in [3.8, 4) is 5.75 Å². The molecule has 7 heteroatoms. The molecular formula is C14H16Br2N2O3. The van der Waals surface area contributed by atoms with E-state index in [4.69, 9.17) is 4.74 Å². The van der Waals surface area contributed by atoms with E-state index >= 15 is 0 Å². The van der Waals surface area contributed by atoms with Crippen LogP contribution in [0.3, 0.4) is 0 Å². The number of nitrogens with zero attached hydrogens (tertiary/aromatic N) is 1. The van der Waals surface area contributed by atoms with Gasteiger partial charge in [0.1, 0.15) is 11.3 Å². The molecule has 0 aliphatic carbocycles. The van der Waals surface area contributed by atoms with Crippen molar-refractivity contribution in [3.63, 3.8) is 0 Å². The topological polar surface area (TPSA) is 58.6 Å². The third-order valence-electron chi connectivity index (χ3n) is 3.31. The lowest BCUT2D eigenvalue weighted by molar-refractivity contribution is -0.128. The average molecular weight is 420 g/mol. The van der Waals surface area contributed by atoms with Gasteiger partial charge in [-0.05, 0) is 51.8 Å². The van der Waals surface area contributed by atoms with E-state index in [0.29, 0.717) is 18.0 Å². The third-order valence-corrected chi connectivity index (χ3v) is 4.56. The molecule has 21 heavy (non-hydrogen) atoms. The number of benzene rings is 1. The van der Waals surface area contributed by atoms with Gasteiger partial charge in [-0.2, -0.15) is 0 Å². The van der Waals surface area contributed by atoms with Gasteiger partial charge in [0.25, 0.3) is 5.91 Å². The van der Waals surface area contributed by atoms with Crippen LogP contribution in [0.2, 0.25) is 0 Å². The molecule has 1 aliphatic heterocycles. The van der Waals surface area contributed by atoms with Gasteiger partial charge >= 0.3 is 0 Å². The number of amides is 2. The Labute approximate surface area is 140 Å². The normalized spacial score (nSPS) is 18.2. The minimum Gasteiger partial charge on any atom is -0.495 e. The van der Waals surface area contributed by atoms with E-state index in [0.717, 1.165) is 8.95 Å². The van der Waals surface area contributed by atoms with E-state index in [1.807, 2.05) is 6.07 Å². The fraction of sp³-hybridized carbons (Fsp3) is 0.429. The quantitative estimate of drug-likeness (QED) is 0.801. The van der Waals surface area contributed by atoms with E-state index in [1.54, 1.807) is 31.9 Å². The Bertz CT molecular complexity index is 602. The van der Waals surface area contributed by atoms with Gasteiger partial charge in [-0.25, -0.2) is 0 Å². The minimum atomic E-state index is -0.937. The van der Waals surface area contributed by atoms with Gasteiger partial charge in [0, 0.05) is 23.5 Å². The van der Waals surface area contributed by atoms with E-state index in [1.165, 1.54) is 0 Å². The van der Waals surface area contributed by atoms with E-state index in [2.05, 4.69) is 37.2 Å². The van der Waals surface area contributed by atoms with Crippen LogP contribution in [0.4, 0.5) is 5.69 Å². The predicted molar refractivity (Wildman–Crippen MR) is 87.6 cm³/mol. The van der Waals surface area contributed by atoms with Crippen LogP contribution in [0.1, 0.15) is 20.3 Å². The standard InChI is InChI=1S/C14H16Br2N2O3/c1-14(2)13(20)18(5-4-12(19)17-14)10-7-11(21-3)9(16)6-8(10)15/h6-7H,4-5H2,1-3H3,(H,17,19). The summed E-state index contributed by atoms with van der Waals surface area (Å²) in [6.07, 6.45) is 0.264. The summed E-state index contributed by atoms with van der Waals surface area (Å²) in [4.78, 5) is 26.0. The van der Waals surface area contributed by atoms with Crippen LogP contribution < -0.4 is 15.0 Å². The Hall–Kier alpha value is -1.08. The number of methoxy groups -OCH3 is 1. The number of carbonyl (C=O) groups is 2. The Morgan fingerprint density at radius 2 is 1.90 bits per heavy atom. The van der Waals surface area contributed by atoms with Gasteiger partial charge in [0.2, 0.25) is 5.91 Å². The molecule has 0 radical (unpaired) electrons. The lowest BCUT2D eigenvalue weighted by atomic mass is 10.0. The smallest absolute Gasteiger partial charge is 0.252 e. The molecule has 0 unspecified atom stereocenters. The molecular weight excluding hydrogens is 404 g/mol. The van der Waals surface area contributed by atoms with Crippen molar-refractivity contribution >= 4 is 49.4 Å². The van der Waals surface area contributed by atoms with Crippen molar-refractivity contribution in [2.24, 2.45) is 0 Å². The number of carbonyl (C=O) groups excluding carboxylic acids is 2. The van der Waals surface area contributed by atoms with Gasteiger partial charge in [0.15, 0.2) is 0 Å². The highest BCUT2D eigenvalue weighted by atomic mass is 79.9. The largest absolute Gasteiger partial charge is 0.495 e. The Kier molecular flexibility index (Phi) is 4.63. The summed E-state index contributed by atoms with van der Waals surface area (Å²) in [7, 11) is 1.57. The third kappa shape index (κ3) is 3.23. The van der Waals surface area contributed by atoms with Gasteiger partial charge in [-0.1, -0.05) is 0 Å². The van der Waals surface area contributed by atoms with Crippen molar-refractivity contribution in [2.75, 3.05) is 18.6 Å². The van der Waals surface area contributed by atoms with Crippen LogP contribution in [0.5, 0.6) is 5.75 Å². The highest BCUT2D eigenvalue weighted by Crippen LogP contribution is 2.37. The second-order valence-electron chi connectivity index (χ2n) is 5.32. The SMILES string of the molecule is COc1cc(N2CCC(=O)NC(C)(C)C2=O)c(Br)cc1Br. The van der Waals surface area contributed by atoms with E-state index < -0.39 is 5.54 Å². The number of hydrogen-bond donors (Lipinski definition) is 1. The zero-order chi connectivity index (χ0) is 15.8. The summed E-state index contributed by atoms with van der Waals surface area (Å²) in [5.74, 6) is 0.344. The van der Waals surface area contributed by atoms with E-state index in [-0.39, 0.29) is 18.2 Å². The fourth-order valence-electron chi connectivity index (χ4n) is 2.23. The van der Waals surface area contributed by atoms with Crippen LogP contribution in [0.25, 0.3) is 0 Å². The summed E-state index contributed by atoms with van der Waals surface area (Å²) in [6.45, 7) is 3.74. The molecule has 0 aromatic heterocycles. The van der Waals surface area contributed by atoms with Crippen molar-refractivity contribution < 1.29 is 14.3 Å². The Morgan fingerprint density at radius 1 is 1.24 bits per heavy atom. The molecule has 0 saturated carbocycles. The molecule has 5 nitrogen and oxygen atoms in total. The molecule has 1 aromatic rings. The Morgan fingerprint density at radius 3 is 2.52 bits per heavy atom. The first kappa shape index (κ1) is 16.3. The van der Waals surface area contributed by atoms with E-state index in [9.17, 15) is 9.59 Å². The second kappa shape index (κ2) is 5.96. The summed E-state index contributed by atoms with van der Waals surface area (Å²) in [5, 5.41) is 2.74. The number of rotatable bonds is 2. The van der Waals surface area contributed by atoms with Gasteiger partial charge in [0.05, 0.1) is 17.3 Å². The maximum absolute atomic E-state index is 12.7. The molecule has 2 rings (SSSR count). The van der Waals surface area contributed by atoms with Crippen LogP contribution in [-0.2, 0) is 9.59 Å². The molecule has 0 bridgehead atoms. The first-order valence-corrected chi connectivity index (χ1v) is 8.01. The average Bonchev–Trinajstić information content (AvgIpc) is 2.48. The van der Waals surface area contributed by atoms with Gasteiger partial charge in [-0.15, -0.1) is 0 Å². The zero-order valence-electron chi connectivity index (χ0n) is 12.0. The molecule has 1 aliphatic rings. The molecule has 0 spiro atoms. The van der Waals surface area contributed by atoms with Gasteiger partial charge in [-0.3, -0.25) is 9.59 Å². The molecule has 1 heterocycles. The number of nitrogens with one attached hydrogen (secondary N) is 1. The van der Waals surface area contributed by atoms with Crippen molar-refractivity contribution in [3.05, 3.63) is 21.1 Å². The highest BCUT2D eigenvalue weighted by molar-refractivity contribution is 9.11. The molecule has 114 valence electrons. The van der Waals surface area contributed by atoms with Gasteiger partial charge < -0.3 is 15.0 Å². The van der Waals surface area contributed by atoms with Crippen LogP contribution in [0, 0.1) is 0 Å². The molecule has 2 amide bonds. The lowest BCUT2D eigenvalue weighted by Gasteiger charge is -2.29. The molecule has 0 atom stereocenters. The molecule has 1 aromatic carbocycles. The summed E-state index contributed by atoms with van der Waals surface area (Å²) >= 11 is 6.87. The zero-order valence-corrected chi connectivity index (χ0v) is 15.2. The summed E-state index contributed by atoms with van der Waals surface area (Å²) in [5.41, 5.74) is -0.252. The monoisotopic (exact) mass is 418 g/mol. The number of ether oxygens (including phenoxy) is 1. The molecule has 1 fully saturated rings. The number of halogens is 2. The van der Waals surface area contributed by atoms with Crippen molar-refractivity contribution in [1.29, 1.82) is 0 Å². The summed E-state index contributed by atoms with van der Waals surface area (Å²) < 4.78 is 6.83. The first-order valence-electron chi connectivity index (χ1n) is 6.42. The highest BCUT2D eigenvalue weighted by Gasteiger charge is 2.37. The maximum Gasteiger partial charge on any atom is 0.252 e. The number of anilines is 1. The maximum atomic E-state index is 12.7. The summed E-state index contributed by atoms with van der Waals surface area (Å²) in [6, 6.07) is 3.60. The fourth-order valence-corrected chi connectivity index (χ4v) is 3.60. The van der Waals surface area contributed by atoms with Crippen molar-refractivity contribution in [2.45, 2.75) is 25.8 Å².